The van der Waals surface area contributed by atoms with Gasteiger partial charge in [-0.3, -0.25) is 4.79 Å². The Morgan fingerprint density at radius 1 is 1.00 bits per heavy atom. The Morgan fingerprint density at radius 3 is 2.38 bits per heavy atom. The van der Waals surface area contributed by atoms with Crippen LogP contribution in [0, 0.1) is 0 Å². The molecular weight excluding hydrogens is 390 g/mol. The van der Waals surface area contributed by atoms with Gasteiger partial charge in [0.1, 0.15) is 17.2 Å². The van der Waals surface area contributed by atoms with Crippen LogP contribution in [0.4, 0.5) is 0 Å². The average Bonchev–Trinajstić information content (AvgIpc) is 2.73. The van der Waals surface area contributed by atoms with Gasteiger partial charge in [-0.05, 0) is 48.5 Å². The molecule has 4 rings (SSSR count). The summed E-state index contributed by atoms with van der Waals surface area (Å²) >= 11 is 0. The maximum atomic E-state index is 12.6. The lowest BCUT2D eigenvalue weighted by molar-refractivity contribution is 0.0730. The molecule has 0 spiro atoms. The number of nitrogens with one attached hydrogen (secondary N) is 1. The molecule has 2 heterocycles. The van der Waals surface area contributed by atoms with E-state index in [0.29, 0.717) is 35.8 Å². The van der Waals surface area contributed by atoms with Crippen molar-refractivity contribution < 1.29 is 17.9 Å². The van der Waals surface area contributed by atoms with E-state index in [1.54, 1.807) is 24.3 Å². The standard InChI is InChI=1S/C21H21N3O4S/c1-29(26,27)18-6-3-16(4-7-18)28-17-5-9-19-15(14-17)2-8-20(23-19)21(25)24-12-10-22-11-13-24/h2-9,14,22H,10-13H2,1H3. The van der Waals surface area contributed by atoms with Crippen LogP contribution in [-0.4, -0.2) is 56.6 Å². The number of hydrogen-bond acceptors (Lipinski definition) is 6. The molecule has 1 N–H and O–H groups in total. The first-order valence-corrected chi connectivity index (χ1v) is 11.2. The van der Waals surface area contributed by atoms with Gasteiger partial charge in [0.15, 0.2) is 9.84 Å². The largest absolute Gasteiger partial charge is 0.457 e. The number of rotatable bonds is 4. The van der Waals surface area contributed by atoms with Crippen LogP contribution in [0.3, 0.4) is 0 Å². The van der Waals surface area contributed by atoms with E-state index in [9.17, 15) is 13.2 Å². The van der Waals surface area contributed by atoms with Gasteiger partial charge in [-0.2, -0.15) is 0 Å². The van der Waals surface area contributed by atoms with E-state index in [0.717, 1.165) is 18.5 Å². The number of hydrogen-bond donors (Lipinski definition) is 1. The van der Waals surface area contributed by atoms with Gasteiger partial charge in [0, 0.05) is 37.8 Å². The number of carbonyl (C=O) groups is 1. The minimum atomic E-state index is -3.24. The van der Waals surface area contributed by atoms with Crippen LogP contribution in [-0.2, 0) is 9.84 Å². The molecule has 0 unspecified atom stereocenters. The van der Waals surface area contributed by atoms with Gasteiger partial charge in [-0.25, -0.2) is 13.4 Å². The van der Waals surface area contributed by atoms with E-state index in [1.807, 2.05) is 23.1 Å². The molecule has 2 aromatic carbocycles. The molecule has 1 aliphatic rings. The Hall–Kier alpha value is -2.97. The predicted molar refractivity (Wildman–Crippen MR) is 110 cm³/mol. The molecule has 150 valence electrons. The molecule has 3 aromatic rings. The molecule has 8 heteroatoms. The highest BCUT2D eigenvalue weighted by Crippen LogP contribution is 2.26. The molecule has 29 heavy (non-hydrogen) atoms. The summed E-state index contributed by atoms with van der Waals surface area (Å²) in [6.45, 7) is 2.96. The zero-order valence-electron chi connectivity index (χ0n) is 16.0. The van der Waals surface area contributed by atoms with Crippen molar-refractivity contribution >= 4 is 26.6 Å². The number of pyridine rings is 1. The van der Waals surface area contributed by atoms with E-state index in [2.05, 4.69) is 10.3 Å². The summed E-state index contributed by atoms with van der Waals surface area (Å²) < 4.78 is 28.9. The number of carbonyl (C=O) groups excluding carboxylic acids is 1. The Kier molecular flexibility index (Phi) is 5.21. The van der Waals surface area contributed by atoms with Crippen LogP contribution in [0.1, 0.15) is 10.5 Å². The molecule has 1 saturated heterocycles. The molecule has 7 nitrogen and oxygen atoms in total. The fourth-order valence-corrected chi connectivity index (χ4v) is 3.84. The number of fused-ring (bicyclic) bond motifs is 1. The van der Waals surface area contributed by atoms with Gasteiger partial charge in [-0.15, -0.1) is 0 Å². The highest BCUT2D eigenvalue weighted by molar-refractivity contribution is 7.90. The fraction of sp³-hybridized carbons (Fsp3) is 0.238. The van der Waals surface area contributed by atoms with Gasteiger partial charge in [0.05, 0.1) is 10.4 Å². The smallest absolute Gasteiger partial charge is 0.272 e. The minimum Gasteiger partial charge on any atom is -0.457 e. The lowest BCUT2D eigenvalue weighted by Crippen LogP contribution is -2.46. The molecule has 0 aliphatic carbocycles. The van der Waals surface area contributed by atoms with Gasteiger partial charge >= 0.3 is 0 Å². The fourth-order valence-electron chi connectivity index (χ4n) is 3.21. The molecule has 1 amide bonds. The molecule has 1 aromatic heterocycles. The first-order valence-electron chi connectivity index (χ1n) is 9.29. The van der Waals surface area contributed by atoms with Gasteiger partial charge in [-0.1, -0.05) is 6.07 Å². The second-order valence-corrected chi connectivity index (χ2v) is 8.95. The summed E-state index contributed by atoms with van der Waals surface area (Å²) in [5.74, 6) is 1.09. The van der Waals surface area contributed by atoms with E-state index < -0.39 is 9.84 Å². The number of sulfone groups is 1. The van der Waals surface area contributed by atoms with Crippen LogP contribution >= 0.6 is 0 Å². The summed E-state index contributed by atoms with van der Waals surface area (Å²) in [5.41, 5.74) is 1.15. The molecule has 0 radical (unpaired) electrons. The molecule has 1 aliphatic heterocycles. The normalized spacial score (nSPS) is 14.7. The van der Waals surface area contributed by atoms with Crippen molar-refractivity contribution in [2.24, 2.45) is 0 Å². The van der Waals surface area contributed by atoms with Crippen molar-refractivity contribution in [2.45, 2.75) is 4.90 Å². The Bertz CT molecular complexity index is 1150. The van der Waals surface area contributed by atoms with Crippen LogP contribution in [0.5, 0.6) is 11.5 Å². The Morgan fingerprint density at radius 2 is 1.69 bits per heavy atom. The van der Waals surface area contributed by atoms with E-state index >= 15 is 0 Å². The summed E-state index contributed by atoms with van der Waals surface area (Å²) in [7, 11) is -3.24. The van der Waals surface area contributed by atoms with Crippen molar-refractivity contribution in [3.05, 3.63) is 60.3 Å². The second-order valence-electron chi connectivity index (χ2n) is 6.94. The third kappa shape index (κ3) is 4.38. The lowest BCUT2D eigenvalue weighted by Gasteiger charge is -2.27. The third-order valence-corrected chi connectivity index (χ3v) is 5.90. The third-order valence-electron chi connectivity index (χ3n) is 4.77. The number of amides is 1. The zero-order valence-corrected chi connectivity index (χ0v) is 16.8. The summed E-state index contributed by atoms with van der Waals surface area (Å²) in [5, 5.41) is 4.08. The monoisotopic (exact) mass is 411 g/mol. The molecule has 0 bridgehead atoms. The van der Waals surface area contributed by atoms with Crippen molar-refractivity contribution in [1.82, 2.24) is 15.2 Å². The quantitative estimate of drug-likeness (QED) is 0.710. The lowest BCUT2D eigenvalue weighted by atomic mass is 10.2. The number of piperazine rings is 1. The molecule has 1 fully saturated rings. The van der Waals surface area contributed by atoms with E-state index in [-0.39, 0.29) is 10.8 Å². The first-order chi connectivity index (χ1) is 13.9. The maximum absolute atomic E-state index is 12.6. The highest BCUT2D eigenvalue weighted by atomic mass is 32.2. The number of nitrogens with zero attached hydrogens (tertiary/aromatic N) is 2. The van der Waals surface area contributed by atoms with E-state index in [1.165, 1.54) is 18.4 Å². The summed E-state index contributed by atoms with van der Waals surface area (Å²) in [4.78, 5) is 19.2. The summed E-state index contributed by atoms with van der Waals surface area (Å²) in [6, 6.07) is 15.3. The second kappa shape index (κ2) is 7.81. The number of aromatic nitrogens is 1. The summed E-state index contributed by atoms with van der Waals surface area (Å²) in [6.07, 6.45) is 1.17. The Balaban J connectivity index is 1.53. The van der Waals surface area contributed by atoms with Crippen molar-refractivity contribution in [3.8, 4) is 11.5 Å². The van der Waals surface area contributed by atoms with Crippen molar-refractivity contribution in [1.29, 1.82) is 0 Å². The predicted octanol–water partition coefficient (Wildman–Crippen LogP) is 2.48. The molecule has 0 saturated carbocycles. The van der Waals surface area contributed by atoms with Crippen LogP contribution in [0.15, 0.2) is 59.5 Å². The van der Waals surface area contributed by atoms with Crippen LogP contribution < -0.4 is 10.1 Å². The first kappa shape index (κ1) is 19.4. The average molecular weight is 411 g/mol. The number of ether oxygens (including phenoxy) is 1. The van der Waals surface area contributed by atoms with Crippen molar-refractivity contribution in [2.75, 3.05) is 32.4 Å². The topological polar surface area (TPSA) is 88.6 Å². The Labute approximate surface area is 169 Å². The highest BCUT2D eigenvalue weighted by Gasteiger charge is 2.19. The molecule has 0 atom stereocenters. The van der Waals surface area contributed by atoms with Gasteiger partial charge < -0.3 is 15.0 Å². The maximum Gasteiger partial charge on any atom is 0.272 e. The molecular formula is C21H21N3O4S. The number of benzene rings is 2. The SMILES string of the molecule is CS(=O)(=O)c1ccc(Oc2ccc3nc(C(=O)N4CCNCC4)ccc3c2)cc1. The van der Waals surface area contributed by atoms with E-state index in [4.69, 9.17) is 4.74 Å². The van der Waals surface area contributed by atoms with Gasteiger partial charge in [0.25, 0.3) is 5.91 Å². The van der Waals surface area contributed by atoms with Crippen LogP contribution in [0.25, 0.3) is 10.9 Å². The van der Waals surface area contributed by atoms with Crippen LogP contribution in [0.2, 0.25) is 0 Å². The zero-order chi connectivity index (χ0) is 20.4. The van der Waals surface area contributed by atoms with Gasteiger partial charge in [0.2, 0.25) is 0 Å². The van der Waals surface area contributed by atoms with Crippen molar-refractivity contribution in [3.63, 3.8) is 0 Å². The minimum absolute atomic E-state index is 0.0558.